The first-order valence-corrected chi connectivity index (χ1v) is 5.45. The largest absolute Gasteiger partial charge is 0.289 e. The maximum absolute atomic E-state index is 4.47. The molecule has 0 N–H and O–H groups in total. The van der Waals surface area contributed by atoms with E-state index < -0.39 is 0 Å². The first kappa shape index (κ1) is 7.77. The molecule has 1 nitrogen and oxygen atoms in total. The van der Waals surface area contributed by atoms with Gasteiger partial charge in [-0.1, -0.05) is 28.7 Å². The van der Waals surface area contributed by atoms with Crippen LogP contribution in [0.3, 0.4) is 0 Å². The van der Waals surface area contributed by atoms with E-state index >= 15 is 0 Å². The Kier molecular flexibility index (Phi) is 2.30. The Hall–Kier alpha value is 0.140. The fourth-order valence-electron chi connectivity index (χ4n) is 1.88. The Balaban J connectivity index is 2.07. The van der Waals surface area contributed by atoms with E-state index in [9.17, 15) is 0 Å². The van der Waals surface area contributed by atoms with E-state index in [2.05, 4.69) is 39.7 Å². The van der Waals surface area contributed by atoms with Crippen LogP contribution in [0.4, 0.5) is 0 Å². The monoisotopic (exact) mass is 261 g/mol. The summed E-state index contributed by atoms with van der Waals surface area (Å²) in [4.78, 5) is 4.47. The third-order valence-electron chi connectivity index (χ3n) is 2.52. The zero-order valence-corrected chi connectivity index (χ0v) is 8.57. The van der Waals surface area contributed by atoms with Crippen LogP contribution in [0.5, 0.6) is 0 Å². The molecule has 0 bridgehead atoms. The summed E-state index contributed by atoms with van der Waals surface area (Å²) in [6, 6.07) is 0.617. The Bertz CT molecular complexity index is 198. The number of hydrogen-bond donors (Lipinski definition) is 0. The second kappa shape index (κ2) is 3.25. The van der Waals surface area contributed by atoms with Gasteiger partial charge >= 0.3 is 0 Å². The normalized spacial score (nSPS) is 42.1. The molecule has 1 aliphatic heterocycles. The predicted octanol–water partition coefficient (Wildman–Crippen LogP) is 2.60. The maximum atomic E-state index is 4.47. The van der Waals surface area contributed by atoms with Gasteiger partial charge in [0.2, 0.25) is 0 Å². The lowest BCUT2D eigenvalue weighted by molar-refractivity contribution is 0.377. The van der Waals surface area contributed by atoms with E-state index in [1.54, 1.807) is 0 Å². The number of nitrogens with zero attached hydrogens (tertiary/aromatic N) is 1. The smallest absolute Gasteiger partial charge is 0.0563 e. The van der Waals surface area contributed by atoms with Crippen LogP contribution in [0, 0.1) is 5.92 Å². The SMILES string of the molecule is IC1CCC2N=CC=CC2C1. The van der Waals surface area contributed by atoms with Crippen LogP contribution in [0.2, 0.25) is 0 Å². The van der Waals surface area contributed by atoms with Crippen LogP contribution >= 0.6 is 22.6 Å². The highest BCUT2D eigenvalue weighted by molar-refractivity contribution is 14.1. The van der Waals surface area contributed by atoms with Gasteiger partial charge in [-0.3, -0.25) is 4.99 Å². The maximum Gasteiger partial charge on any atom is 0.0563 e. The van der Waals surface area contributed by atoms with Crippen molar-refractivity contribution in [1.29, 1.82) is 0 Å². The van der Waals surface area contributed by atoms with Gasteiger partial charge in [-0.05, 0) is 25.3 Å². The number of dihydropyridines is 1. The zero-order chi connectivity index (χ0) is 7.68. The van der Waals surface area contributed by atoms with Gasteiger partial charge in [0.05, 0.1) is 6.04 Å². The molecule has 0 radical (unpaired) electrons. The van der Waals surface area contributed by atoms with Gasteiger partial charge in [-0.2, -0.15) is 0 Å². The van der Waals surface area contributed by atoms with E-state index in [0.717, 1.165) is 9.84 Å². The van der Waals surface area contributed by atoms with Crippen molar-refractivity contribution in [3.05, 3.63) is 12.2 Å². The van der Waals surface area contributed by atoms with Crippen molar-refractivity contribution in [2.24, 2.45) is 10.9 Å². The van der Waals surface area contributed by atoms with Crippen LogP contribution in [-0.2, 0) is 0 Å². The molecule has 3 unspecified atom stereocenters. The van der Waals surface area contributed by atoms with Crippen LogP contribution in [0.1, 0.15) is 19.3 Å². The molecule has 11 heavy (non-hydrogen) atoms. The molecule has 0 amide bonds. The van der Waals surface area contributed by atoms with Gasteiger partial charge in [0.25, 0.3) is 0 Å². The lowest BCUT2D eigenvalue weighted by Crippen LogP contribution is -2.28. The second-order valence-electron chi connectivity index (χ2n) is 3.32. The van der Waals surface area contributed by atoms with Crippen LogP contribution in [-0.4, -0.2) is 16.2 Å². The number of aliphatic imine (C=N–C) groups is 1. The van der Waals surface area contributed by atoms with Crippen LogP contribution in [0.25, 0.3) is 0 Å². The fourth-order valence-corrected chi connectivity index (χ4v) is 2.83. The standard InChI is InChI=1S/C9H12IN/c10-8-3-4-9-7(6-8)2-1-5-11-9/h1-2,5,7-9H,3-4,6H2. The van der Waals surface area contributed by atoms with Crippen molar-refractivity contribution in [3.63, 3.8) is 0 Å². The summed E-state index contributed by atoms with van der Waals surface area (Å²) in [5.41, 5.74) is 0. The summed E-state index contributed by atoms with van der Waals surface area (Å²) in [5.74, 6) is 0.746. The average Bonchev–Trinajstić information content (AvgIpc) is 2.04. The summed E-state index contributed by atoms with van der Waals surface area (Å²) in [6.07, 6.45) is 10.3. The molecule has 0 aromatic heterocycles. The molecule has 3 atom stereocenters. The van der Waals surface area contributed by atoms with Crippen LogP contribution < -0.4 is 0 Å². The van der Waals surface area contributed by atoms with Gasteiger partial charge in [0.1, 0.15) is 0 Å². The molecule has 0 aromatic rings. The first-order valence-electron chi connectivity index (χ1n) is 4.20. The third kappa shape index (κ3) is 1.66. The number of fused-ring (bicyclic) bond motifs is 1. The fraction of sp³-hybridized carbons (Fsp3) is 0.667. The summed E-state index contributed by atoms with van der Waals surface area (Å²) >= 11 is 2.56. The average molecular weight is 261 g/mol. The molecule has 1 saturated carbocycles. The summed E-state index contributed by atoms with van der Waals surface area (Å²) in [5, 5.41) is 0. The number of rotatable bonds is 0. The summed E-state index contributed by atoms with van der Waals surface area (Å²) in [7, 11) is 0. The molecule has 1 fully saturated rings. The van der Waals surface area contributed by atoms with E-state index in [1.807, 2.05) is 6.21 Å². The predicted molar refractivity (Wildman–Crippen MR) is 56.6 cm³/mol. The molecule has 0 saturated heterocycles. The Labute approximate surface area is 81.1 Å². The molecule has 2 aliphatic rings. The lowest BCUT2D eigenvalue weighted by atomic mass is 9.84. The van der Waals surface area contributed by atoms with E-state index in [0.29, 0.717) is 6.04 Å². The number of allylic oxidation sites excluding steroid dienone is 1. The topological polar surface area (TPSA) is 12.4 Å². The molecule has 2 heteroatoms. The quantitative estimate of drug-likeness (QED) is 0.469. The van der Waals surface area contributed by atoms with Gasteiger partial charge < -0.3 is 0 Å². The van der Waals surface area contributed by atoms with Gasteiger partial charge in [-0.15, -0.1) is 0 Å². The first-order chi connectivity index (χ1) is 5.36. The summed E-state index contributed by atoms with van der Waals surface area (Å²) < 4.78 is 0.881. The number of halogens is 1. The van der Waals surface area contributed by atoms with E-state index in [1.165, 1.54) is 19.3 Å². The highest BCUT2D eigenvalue weighted by Crippen LogP contribution is 2.33. The molecule has 2 rings (SSSR count). The third-order valence-corrected chi connectivity index (χ3v) is 3.65. The van der Waals surface area contributed by atoms with Crippen molar-refractivity contribution >= 4 is 28.8 Å². The van der Waals surface area contributed by atoms with E-state index in [4.69, 9.17) is 0 Å². The van der Waals surface area contributed by atoms with Crippen molar-refractivity contribution < 1.29 is 0 Å². The van der Waals surface area contributed by atoms with Crippen molar-refractivity contribution in [1.82, 2.24) is 0 Å². The van der Waals surface area contributed by atoms with Crippen molar-refractivity contribution in [2.75, 3.05) is 0 Å². The molecule has 1 heterocycles. The molecular formula is C9H12IN. The van der Waals surface area contributed by atoms with Crippen LogP contribution in [0.15, 0.2) is 17.1 Å². The lowest BCUT2D eigenvalue weighted by Gasteiger charge is -2.30. The van der Waals surface area contributed by atoms with Crippen molar-refractivity contribution in [2.45, 2.75) is 29.2 Å². The summed E-state index contributed by atoms with van der Waals surface area (Å²) in [6.45, 7) is 0. The highest BCUT2D eigenvalue weighted by Gasteiger charge is 2.27. The molecular weight excluding hydrogens is 249 g/mol. The minimum Gasteiger partial charge on any atom is -0.289 e. The molecule has 60 valence electrons. The van der Waals surface area contributed by atoms with Gasteiger partial charge in [-0.25, -0.2) is 0 Å². The minimum absolute atomic E-state index is 0.617. The Morgan fingerprint density at radius 3 is 3.18 bits per heavy atom. The number of hydrogen-bond acceptors (Lipinski definition) is 1. The molecule has 1 aliphatic carbocycles. The second-order valence-corrected chi connectivity index (χ2v) is 5.09. The van der Waals surface area contributed by atoms with Gasteiger partial charge in [0.15, 0.2) is 0 Å². The van der Waals surface area contributed by atoms with Gasteiger partial charge in [0, 0.05) is 16.1 Å². The highest BCUT2D eigenvalue weighted by atomic mass is 127. The van der Waals surface area contributed by atoms with E-state index in [-0.39, 0.29) is 0 Å². The minimum atomic E-state index is 0.617. The molecule has 0 spiro atoms. The van der Waals surface area contributed by atoms with Crippen molar-refractivity contribution in [3.8, 4) is 0 Å². The Morgan fingerprint density at radius 2 is 2.27 bits per heavy atom. The number of alkyl halides is 1. The Morgan fingerprint density at radius 1 is 1.36 bits per heavy atom. The molecule has 0 aromatic carbocycles. The zero-order valence-electron chi connectivity index (χ0n) is 6.41.